The van der Waals surface area contributed by atoms with Gasteiger partial charge in [-0.1, -0.05) is 26.7 Å². The van der Waals surface area contributed by atoms with Gasteiger partial charge in [0.15, 0.2) is 0 Å². The molecule has 0 aliphatic heterocycles. The Morgan fingerprint density at radius 1 is 1.41 bits per heavy atom. The zero-order chi connectivity index (χ0) is 12.6. The van der Waals surface area contributed by atoms with Gasteiger partial charge in [0.2, 0.25) is 0 Å². The molecule has 1 fully saturated rings. The number of nitrogens with one attached hydrogen (secondary N) is 1. The summed E-state index contributed by atoms with van der Waals surface area (Å²) in [7, 11) is 0. The van der Waals surface area contributed by atoms with Crippen LogP contribution in [0.1, 0.15) is 57.2 Å². The third-order valence-corrected chi connectivity index (χ3v) is 3.58. The van der Waals surface area contributed by atoms with E-state index in [2.05, 4.69) is 5.10 Å². The number of aliphatic hydroxyl groups is 1. The average Bonchev–Trinajstić information content (AvgIpc) is 2.57. The number of anilines is 1. The Bertz CT molecular complexity index is 447. The first-order valence-electron chi connectivity index (χ1n) is 6.30. The highest BCUT2D eigenvalue weighted by atomic mass is 16.3. The van der Waals surface area contributed by atoms with Gasteiger partial charge in [-0.05, 0) is 18.8 Å². The van der Waals surface area contributed by atoms with Crippen molar-refractivity contribution in [2.24, 2.45) is 0 Å². The van der Waals surface area contributed by atoms with Crippen LogP contribution in [0.5, 0.6) is 0 Å². The highest BCUT2D eigenvalue weighted by Gasteiger charge is 2.28. The van der Waals surface area contributed by atoms with Crippen LogP contribution in [0.4, 0.5) is 5.69 Å². The summed E-state index contributed by atoms with van der Waals surface area (Å²) in [6, 6.07) is -0.147. The molecule has 0 radical (unpaired) electrons. The zero-order valence-electron chi connectivity index (χ0n) is 10.4. The lowest BCUT2D eigenvalue weighted by Gasteiger charge is -2.27. The van der Waals surface area contributed by atoms with Crippen LogP contribution in [0.25, 0.3) is 0 Å². The molecule has 2 atom stereocenters. The highest BCUT2D eigenvalue weighted by molar-refractivity contribution is 5.42. The maximum atomic E-state index is 12.0. The van der Waals surface area contributed by atoms with Crippen molar-refractivity contribution in [3.8, 4) is 0 Å². The molecular formula is C12H21N3O2. The quantitative estimate of drug-likeness (QED) is 0.728. The van der Waals surface area contributed by atoms with E-state index in [0.717, 1.165) is 31.4 Å². The molecule has 0 aromatic carbocycles. The van der Waals surface area contributed by atoms with Crippen molar-refractivity contribution in [3.63, 3.8) is 0 Å². The minimum atomic E-state index is -0.445. The van der Waals surface area contributed by atoms with Crippen LogP contribution < -0.4 is 11.3 Å². The van der Waals surface area contributed by atoms with Gasteiger partial charge in [0.1, 0.15) is 5.69 Å². The van der Waals surface area contributed by atoms with Gasteiger partial charge in [-0.25, -0.2) is 4.68 Å². The molecule has 1 aromatic rings. The minimum absolute atomic E-state index is 0.147. The number of aliphatic hydroxyl groups excluding tert-OH is 1. The molecule has 4 N–H and O–H groups in total. The second-order valence-electron chi connectivity index (χ2n) is 5.19. The molecule has 0 spiro atoms. The van der Waals surface area contributed by atoms with Crippen LogP contribution in [-0.2, 0) is 0 Å². The lowest BCUT2D eigenvalue weighted by molar-refractivity contribution is 0.0676. The lowest BCUT2D eigenvalue weighted by Crippen LogP contribution is -2.34. The van der Waals surface area contributed by atoms with E-state index in [9.17, 15) is 9.90 Å². The van der Waals surface area contributed by atoms with Crippen molar-refractivity contribution in [2.75, 3.05) is 5.73 Å². The molecule has 5 heteroatoms. The summed E-state index contributed by atoms with van der Waals surface area (Å²) in [5.41, 5.74) is 6.68. The summed E-state index contributed by atoms with van der Waals surface area (Å²) in [6.45, 7) is 3.98. The predicted octanol–water partition coefficient (Wildman–Crippen LogP) is 1.36. The summed E-state index contributed by atoms with van der Waals surface area (Å²) in [5.74, 6) is 0.185. The fourth-order valence-electron chi connectivity index (χ4n) is 2.55. The van der Waals surface area contributed by atoms with Crippen molar-refractivity contribution in [1.82, 2.24) is 9.78 Å². The van der Waals surface area contributed by atoms with E-state index in [-0.39, 0.29) is 23.2 Å². The third-order valence-electron chi connectivity index (χ3n) is 3.58. The summed E-state index contributed by atoms with van der Waals surface area (Å²) >= 11 is 0. The molecule has 5 nitrogen and oxygen atoms in total. The van der Waals surface area contributed by atoms with E-state index >= 15 is 0 Å². The molecule has 1 aliphatic rings. The van der Waals surface area contributed by atoms with Crippen LogP contribution in [0.15, 0.2) is 4.79 Å². The Morgan fingerprint density at radius 3 is 2.59 bits per heavy atom. The molecule has 96 valence electrons. The van der Waals surface area contributed by atoms with Gasteiger partial charge < -0.3 is 10.8 Å². The van der Waals surface area contributed by atoms with Gasteiger partial charge in [0.25, 0.3) is 5.56 Å². The number of aromatic amines is 1. The van der Waals surface area contributed by atoms with E-state index in [0.29, 0.717) is 0 Å². The van der Waals surface area contributed by atoms with E-state index in [1.165, 1.54) is 4.68 Å². The van der Waals surface area contributed by atoms with Gasteiger partial charge in [-0.3, -0.25) is 9.89 Å². The van der Waals surface area contributed by atoms with Gasteiger partial charge in [0.05, 0.1) is 17.8 Å². The summed E-state index contributed by atoms with van der Waals surface area (Å²) in [5, 5.41) is 13.0. The van der Waals surface area contributed by atoms with Crippen LogP contribution in [0.3, 0.4) is 0 Å². The fraction of sp³-hybridized carbons (Fsp3) is 0.750. The standard InChI is InChI=1S/C12H21N3O2/c1-7(2)11-10(13)12(17)15(14-11)8-5-3-4-6-9(8)16/h7-9,14,16H,3-6,13H2,1-2H3. The van der Waals surface area contributed by atoms with Crippen molar-refractivity contribution in [3.05, 3.63) is 16.0 Å². The second-order valence-corrected chi connectivity index (χ2v) is 5.19. The number of nitrogen functional groups attached to an aromatic ring is 1. The van der Waals surface area contributed by atoms with Crippen LogP contribution in [0, 0.1) is 0 Å². The molecule has 2 rings (SSSR count). The number of H-pyrrole nitrogens is 1. The Morgan fingerprint density at radius 2 is 2.06 bits per heavy atom. The minimum Gasteiger partial charge on any atom is -0.393 e. The van der Waals surface area contributed by atoms with E-state index in [1.54, 1.807) is 0 Å². The van der Waals surface area contributed by atoms with E-state index in [1.807, 2.05) is 13.8 Å². The molecule has 2 unspecified atom stereocenters. The van der Waals surface area contributed by atoms with Gasteiger partial charge >= 0.3 is 0 Å². The molecular weight excluding hydrogens is 218 g/mol. The molecule has 1 aromatic heterocycles. The largest absolute Gasteiger partial charge is 0.393 e. The van der Waals surface area contributed by atoms with Gasteiger partial charge in [-0.2, -0.15) is 0 Å². The zero-order valence-corrected chi connectivity index (χ0v) is 10.4. The number of nitrogens with zero attached hydrogens (tertiary/aromatic N) is 1. The van der Waals surface area contributed by atoms with Crippen molar-refractivity contribution in [2.45, 2.75) is 57.6 Å². The number of hydrogen-bond acceptors (Lipinski definition) is 3. The summed E-state index contributed by atoms with van der Waals surface area (Å²) in [6.07, 6.45) is 3.22. The molecule has 0 saturated heterocycles. The Labute approximate surface area is 101 Å². The first kappa shape index (κ1) is 12.2. The molecule has 1 saturated carbocycles. The first-order chi connectivity index (χ1) is 8.02. The van der Waals surface area contributed by atoms with E-state index < -0.39 is 6.10 Å². The number of rotatable bonds is 2. The highest BCUT2D eigenvalue weighted by Crippen LogP contribution is 2.28. The molecule has 1 heterocycles. The number of nitrogens with two attached hydrogens (primary N) is 1. The first-order valence-corrected chi connectivity index (χ1v) is 6.30. The van der Waals surface area contributed by atoms with Crippen molar-refractivity contribution < 1.29 is 5.11 Å². The Hall–Kier alpha value is -1.23. The second kappa shape index (κ2) is 4.56. The third kappa shape index (κ3) is 2.11. The SMILES string of the molecule is CC(C)c1[nH]n(C2CCCCC2O)c(=O)c1N. The normalized spacial score (nSPS) is 25.4. The number of hydrogen-bond donors (Lipinski definition) is 3. The van der Waals surface area contributed by atoms with Crippen molar-refractivity contribution >= 4 is 5.69 Å². The van der Waals surface area contributed by atoms with Crippen LogP contribution in [0.2, 0.25) is 0 Å². The molecule has 17 heavy (non-hydrogen) atoms. The van der Waals surface area contributed by atoms with Gasteiger partial charge in [-0.15, -0.1) is 0 Å². The Kier molecular flexibility index (Phi) is 3.28. The Balaban J connectivity index is 2.38. The number of aromatic nitrogens is 2. The lowest BCUT2D eigenvalue weighted by atomic mass is 9.93. The monoisotopic (exact) mass is 239 g/mol. The maximum Gasteiger partial charge on any atom is 0.290 e. The average molecular weight is 239 g/mol. The smallest absolute Gasteiger partial charge is 0.290 e. The predicted molar refractivity (Wildman–Crippen MR) is 67.1 cm³/mol. The fourth-order valence-corrected chi connectivity index (χ4v) is 2.55. The van der Waals surface area contributed by atoms with Gasteiger partial charge in [0, 0.05) is 0 Å². The van der Waals surface area contributed by atoms with Crippen LogP contribution >= 0.6 is 0 Å². The molecule has 0 bridgehead atoms. The van der Waals surface area contributed by atoms with Crippen molar-refractivity contribution in [1.29, 1.82) is 0 Å². The summed E-state index contributed by atoms with van der Waals surface area (Å²) in [4.78, 5) is 12.0. The summed E-state index contributed by atoms with van der Waals surface area (Å²) < 4.78 is 1.52. The van der Waals surface area contributed by atoms with E-state index in [4.69, 9.17) is 5.73 Å². The molecule has 0 amide bonds. The van der Waals surface area contributed by atoms with Crippen LogP contribution in [-0.4, -0.2) is 21.0 Å². The topological polar surface area (TPSA) is 84.0 Å². The maximum absolute atomic E-state index is 12.0. The molecule has 1 aliphatic carbocycles.